The highest BCUT2D eigenvalue weighted by Gasteiger charge is 2.35. The molecule has 2 aliphatic rings. The molecular formula is C15H21N5O5. The second kappa shape index (κ2) is 6.71. The predicted molar refractivity (Wildman–Crippen MR) is 87.0 cm³/mol. The Morgan fingerprint density at radius 1 is 1.44 bits per heavy atom. The largest absolute Gasteiger partial charge is 0.394 e. The van der Waals surface area contributed by atoms with Gasteiger partial charge in [0.05, 0.1) is 19.0 Å². The first kappa shape index (κ1) is 16.5. The molecule has 10 heteroatoms. The van der Waals surface area contributed by atoms with Crippen LogP contribution in [-0.4, -0.2) is 61.4 Å². The van der Waals surface area contributed by atoms with Crippen molar-refractivity contribution in [3.8, 4) is 0 Å². The molecule has 4 atom stereocenters. The molecule has 25 heavy (non-hydrogen) atoms. The zero-order valence-corrected chi connectivity index (χ0v) is 13.6. The lowest BCUT2D eigenvalue weighted by Gasteiger charge is -2.23. The Kier molecular flexibility index (Phi) is 4.42. The van der Waals surface area contributed by atoms with Crippen molar-refractivity contribution in [2.24, 2.45) is 0 Å². The van der Waals surface area contributed by atoms with E-state index in [9.17, 15) is 15.0 Å². The maximum absolute atomic E-state index is 12.3. The van der Waals surface area contributed by atoms with Crippen LogP contribution in [0.1, 0.15) is 31.9 Å². The molecule has 4 heterocycles. The van der Waals surface area contributed by atoms with Crippen LogP contribution < -0.4 is 10.9 Å². The van der Waals surface area contributed by atoms with Crippen LogP contribution in [0.4, 0.5) is 5.95 Å². The molecule has 4 rings (SSSR count). The number of nitrogens with one attached hydrogen (secondary N) is 2. The predicted octanol–water partition coefficient (Wildman–Crippen LogP) is -0.301. The summed E-state index contributed by atoms with van der Waals surface area (Å²) in [7, 11) is 0. The summed E-state index contributed by atoms with van der Waals surface area (Å²) in [5.74, 6) is 0.309. The molecule has 0 bridgehead atoms. The Hall–Kier alpha value is -2.01. The number of aliphatic hydroxyl groups excluding tert-OH is 2. The third kappa shape index (κ3) is 3.13. The fourth-order valence-corrected chi connectivity index (χ4v) is 3.26. The first-order valence-electron chi connectivity index (χ1n) is 8.45. The number of nitrogens with zero attached hydrogens (tertiary/aromatic N) is 3. The molecule has 2 aromatic heterocycles. The van der Waals surface area contributed by atoms with E-state index in [0.717, 1.165) is 19.3 Å². The second-order valence-electron chi connectivity index (χ2n) is 6.35. The Balaban J connectivity index is 1.64. The van der Waals surface area contributed by atoms with Crippen LogP contribution in [0, 0.1) is 0 Å². The number of anilines is 1. The zero-order chi connectivity index (χ0) is 17.4. The van der Waals surface area contributed by atoms with Gasteiger partial charge in [-0.05, 0) is 19.3 Å². The van der Waals surface area contributed by atoms with Gasteiger partial charge in [-0.1, -0.05) is 0 Å². The fourth-order valence-electron chi connectivity index (χ4n) is 3.26. The number of aliphatic hydroxyl groups is 2. The van der Waals surface area contributed by atoms with Crippen molar-refractivity contribution in [2.75, 3.05) is 18.5 Å². The summed E-state index contributed by atoms with van der Waals surface area (Å²) in [6.45, 7) is 0.405. The van der Waals surface area contributed by atoms with Gasteiger partial charge in [0, 0.05) is 13.0 Å². The first-order chi connectivity index (χ1) is 12.2. The van der Waals surface area contributed by atoms with Gasteiger partial charge in [0.15, 0.2) is 11.2 Å². The van der Waals surface area contributed by atoms with Crippen molar-refractivity contribution in [3.05, 3.63) is 16.7 Å². The summed E-state index contributed by atoms with van der Waals surface area (Å²) in [6, 6.07) is 0. The Morgan fingerprint density at radius 3 is 3.04 bits per heavy atom. The van der Waals surface area contributed by atoms with Crippen LogP contribution in [-0.2, 0) is 9.47 Å². The second-order valence-corrected chi connectivity index (χ2v) is 6.35. The molecule has 0 saturated carbocycles. The molecule has 2 saturated heterocycles. The van der Waals surface area contributed by atoms with Crippen LogP contribution in [0.15, 0.2) is 11.1 Å². The third-order valence-corrected chi connectivity index (χ3v) is 4.60. The quantitative estimate of drug-likeness (QED) is 0.590. The van der Waals surface area contributed by atoms with Gasteiger partial charge in [-0.25, -0.2) is 4.98 Å². The Morgan fingerprint density at radius 2 is 2.32 bits per heavy atom. The summed E-state index contributed by atoms with van der Waals surface area (Å²) in [5.41, 5.74) is 0.192. The molecular weight excluding hydrogens is 330 g/mol. The van der Waals surface area contributed by atoms with Crippen molar-refractivity contribution >= 4 is 17.1 Å². The number of aromatic nitrogens is 4. The zero-order valence-electron chi connectivity index (χ0n) is 13.6. The van der Waals surface area contributed by atoms with E-state index in [1.807, 2.05) is 0 Å². The van der Waals surface area contributed by atoms with Crippen molar-refractivity contribution < 1.29 is 19.7 Å². The van der Waals surface area contributed by atoms with Gasteiger partial charge in [-0.15, -0.1) is 0 Å². The molecule has 2 aliphatic heterocycles. The van der Waals surface area contributed by atoms with Crippen LogP contribution in [0.25, 0.3) is 11.2 Å². The lowest BCUT2D eigenvalue weighted by atomic mass is 10.2. The number of fused-ring (bicyclic) bond motifs is 1. The number of aromatic amines is 1. The molecule has 0 aliphatic carbocycles. The highest BCUT2D eigenvalue weighted by Crippen LogP contribution is 2.30. The van der Waals surface area contributed by atoms with Gasteiger partial charge in [0.1, 0.15) is 18.6 Å². The molecule has 0 spiro atoms. The number of ether oxygens (including phenoxy) is 2. The van der Waals surface area contributed by atoms with Gasteiger partial charge >= 0.3 is 0 Å². The third-order valence-electron chi connectivity index (χ3n) is 4.60. The molecule has 0 aromatic carbocycles. The van der Waals surface area contributed by atoms with Crippen molar-refractivity contribution in [1.29, 1.82) is 0 Å². The van der Waals surface area contributed by atoms with E-state index in [0.29, 0.717) is 24.6 Å². The molecule has 0 amide bonds. The van der Waals surface area contributed by atoms with Gasteiger partial charge in [0.25, 0.3) is 5.56 Å². The highest BCUT2D eigenvalue weighted by molar-refractivity contribution is 5.70. The van der Waals surface area contributed by atoms with E-state index in [1.54, 1.807) is 4.57 Å². The van der Waals surface area contributed by atoms with Gasteiger partial charge in [-0.3, -0.25) is 14.3 Å². The Bertz CT molecular complexity index is 799. The summed E-state index contributed by atoms with van der Waals surface area (Å²) >= 11 is 0. The van der Waals surface area contributed by atoms with E-state index < -0.39 is 18.4 Å². The highest BCUT2D eigenvalue weighted by atomic mass is 16.5. The summed E-state index contributed by atoms with van der Waals surface area (Å²) in [4.78, 5) is 23.5. The molecule has 136 valence electrons. The minimum Gasteiger partial charge on any atom is -0.394 e. The summed E-state index contributed by atoms with van der Waals surface area (Å²) < 4.78 is 12.8. The molecule has 10 nitrogen and oxygen atoms in total. The van der Waals surface area contributed by atoms with Crippen LogP contribution in [0.3, 0.4) is 0 Å². The van der Waals surface area contributed by atoms with Crippen molar-refractivity contribution in [1.82, 2.24) is 19.5 Å². The average Bonchev–Trinajstić information content (AvgIpc) is 3.19. The van der Waals surface area contributed by atoms with Gasteiger partial charge in [0.2, 0.25) is 5.95 Å². The number of rotatable bonds is 4. The minimum absolute atomic E-state index is 0.186. The summed E-state index contributed by atoms with van der Waals surface area (Å²) in [5, 5.41) is 22.2. The van der Waals surface area contributed by atoms with Crippen molar-refractivity contribution in [2.45, 2.75) is 50.3 Å². The van der Waals surface area contributed by atoms with E-state index >= 15 is 0 Å². The van der Waals surface area contributed by atoms with E-state index in [-0.39, 0.29) is 23.9 Å². The minimum atomic E-state index is -0.775. The number of hydrogen-bond acceptors (Lipinski definition) is 8. The molecule has 0 radical (unpaired) electrons. The van der Waals surface area contributed by atoms with Crippen LogP contribution in [0.5, 0.6) is 0 Å². The van der Waals surface area contributed by atoms with E-state index in [2.05, 4.69) is 20.3 Å². The molecule has 4 N–H and O–H groups in total. The van der Waals surface area contributed by atoms with E-state index in [1.165, 1.54) is 6.33 Å². The lowest BCUT2D eigenvalue weighted by Crippen LogP contribution is -2.29. The normalized spacial score (nSPS) is 30.0. The lowest BCUT2D eigenvalue weighted by molar-refractivity contribution is -0.0432. The maximum Gasteiger partial charge on any atom is 0.280 e. The van der Waals surface area contributed by atoms with Gasteiger partial charge in [-0.2, -0.15) is 4.98 Å². The van der Waals surface area contributed by atoms with Gasteiger partial charge < -0.3 is 25.0 Å². The van der Waals surface area contributed by atoms with Crippen molar-refractivity contribution in [3.63, 3.8) is 0 Å². The summed E-state index contributed by atoms with van der Waals surface area (Å²) in [6.07, 6.45) is 2.53. The van der Waals surface area contributed by atoms with Crippen LogP contribution in [0.2, 0.25) is 0 Å². The SMILES string of the molecule is O=c1[nH]c(N[C@H]2CCCCO2)nc2c1ncn2[C@H]1C[C@H](O)[C@@H](CO)O1. The van der Waals surface area contributed by atoms with E-state index in [4.69, 9.17) is 9.47 Å². The standard InChI is InChI=1S/C15H21N5O5/c21-6-9-8(22)5-11(25-9)20-7-16-12-13(20)18-15(19-14(12)23)17-10-3-1-2-4-24-10/h7-11,21-22H,1-6H2,(H2,17,18,19,23)/t8-,9+,10+,11+/m0/s1. The molecule has 0 unspecified atom stereocenters. The molecule has 2 fully saturated rings. The van der Waals surface area contributed by atoms with Crippen LogP contribution >= 0.6 is 0 Å². The maximum atomic E-state index is 12.3. The number of H-pyrrole nitrogens is 1. The monoisotopic (exact) mass is 351 g/mol. The topological polar surface area (TPSA) is 135 Å². The first-order valence-corrected chi connectivity index (χ1v) is 8.45. The number of imidazole rings is 1. The average molecular weight is 351 g/mol. The Labute approximate surface area is 142 Å². The number of hydrogen-bond donors (Lipinski definition) is 4. The fraction of sp³-hybridized carbons (Fsp3) is 0.667. The smallest absolute Gasteiger partial charge is 0.280 e. The molecule has 2 aromatic rings.